The van der Waals surface area contributed by atoms with Crippen LogP contribution in [0.25, 0.3) is 16.9 Å². The van der Waals surface area contributed by atoms with Gasteiger partial charge in [0.05, 0.1) is 11.4 Å². The maximum Gasteiger partial charge on any atom is 0.321 e. The second kappa shape index (κ2) is 9.20. The van der Waals surface area contributed by atoms with Gasteiger partial charge in [-0.25, -0.2) is 4.68 Å². The van der Waals surface area contributed by atoms with Gasteiger partial charge in [-0.1, -0.05) is 78.9 Å². The van der Waals surface area contributed by atoms with Crippen LogP contribution in [0.15, 0.2) is 97.2 Å². The van der Waals surface area contributed by atoms with Crippen molar-refractivity contribution >= 4 is 5.97 Å². The van der Waals surface area contributed by atoms with E-state index in [-0.39, 0.29) is 0 Å². The van der Waals surface area contributed by atoms with Crippen molar-refractivity contribution < 1.29 is 9.90 Å². The molecule has 5 nitrogen and oxygen atoms in total. The molecule has 1 heterocycles. The largest absolute Gasteiger partial charge is 0.480 e. The number of carboxylic acid groups (broad SMARTS) is 1. The van der Waals surface area contributed by atoms with Gasteiger partial charge < -0.3 is 5.11 Å². The maximum absolute atomic E-state index is 11.8. The molecule has 3 aromatic carbocycles. The Morgan fingerprint density at radius 2 is 1.50 bits per heavy atom. The number of carbonyl (C=O) groups is 1. The molecular formula is C25H23N3O2. The lowest BCUT2D eigenvalue weighted by molar-refractivity contribution is -0.139. The van der Waals surface area contributed by atoms with Crippen LogP contribution >= 0.6 is 0 Å². The monoisotopic (exact) mass is 397 g/mol. The van der Waals surface area contributed by atoms with Crippen molar-refractivity contribution in [2.24, 2.45) is 0 Å². The fraction of sp³-hybridized carbons (Fsp3) is 0.120. The average molecular weight is 397 g/mol. The molecule has 0 aliphatic carbocycles. The van der Waals surface area contributed by atoms with E-state index >= 15 is 0 Å². The smallest absolute Gasteiger partial charge is 0.321 e. The lowest BCUT2D eigenvalue weighted by atomic mass is 10.0. The van der Waals surface area contributed by atoms with E-state index in [1.807, 2.05) is 102 Å². The third-order valence-corrected chi connectivity index (χ3v) is 4.98. The fourth-order valence-electron chi connectivity index (χ4n) is 3.42. The molecule has 1 aromatic heterocycles. The molecule has 4 rings (SSSR count). The maximum atomic E-state index is 11.8. The number of nitrogens with zero attached hydrogens (tertiary/aromatic N) is 2. The Balaban J connectivity index is 1.60. The minimum atomic E-state index is -0.865. The Morgan fingerprint density at radius 1 is 0.900 bits per heavy atom. The van der Waals surface area contributed by atoms with Crippen molar-refractivity contribution in [3.05, 3.63) is 108 Å². The third kappa shape index (κ3) is 4.64. The van der Waals surface area contributed by atoms with Gasteiger partial charge in [0, 0.05) is 23.9 Å². The van der Waals surface area contributed by atoms with E-state index in [0.717, 1.165) is 28.1 Å². The van der Waals surface area contributed by atoms with E-state index in [1.54, 1.807) is 0 Å². The summed E-state index contributed by atoms with van der Waals surface area (Å²) in [6.07, 6.45) is 2.38. The molecule has 1 atom stereocenters. The molecule has 30 heavy (non-hydrogen) atoms. The second-order valence-electron chi connectivity index (χ2n) is 7.11. The number of benzene rings is 3. The average Bonchev–Trinajstić information content (AvgIpc) is 3.22. The molecule has 0 bridgehead atoms. The zero-order valence-electron chi connectivity index (χ0n) is 16.5. The van der Waals surface area contributed by atoms with Crippen molar-refractivity contribution in [2.45, 2.75) is 19.0 Å². The van der Waals surface area contributed by atoms with Gasteiger partial charge in [-0.2, -0.15) is 5.10 Å². The highest BCUT2D eigenvalue weighted by molar-refractivity contribution is 5.74. The summed E-state index contributed by atoms with van der Waals surface area (Å²) in [5.41, 5.74) is 4.74. The van der Waals surface area contributed by atoms with Crippen LogP contribution in [0.1, 0.15) is 11.1 Å². The summed E-state index contributed by atoms with van der Waals surface area (Å²) in [6.45, 7) is 0.404. The minimum Gasteiger partial charge on any atom is -0.480 e. The predicted molar refractivity (Wildman–Crippen MR) is 117 cm³/mol. The summed E-state index contributed by atoms with van der Waals surface area (Å²) >= 11 is 0. The quantitative estimate of drug-likeness (QED) is 0.465. The SMILES string of the molecule is O=C(O)[C@H](Cc1ccccc1)NCc1cn(-c2ccccc2)nc1-c1ccccc1. The molecule has 0 amide bonds. The number of carboxylic acids is 1. The second-order valence-corrected chi connectivity index (χ2v) is 7.11. The lowest BCUT2D eigenvalue weighted by Crippen LogP contribution is -2.38. The third-order valence-electron chi connectivity index (χ3n) is 4.98. The van der Waals surface area contributed by atoms with Crippen molar-refractivity contribution in [3.8, 4) is 16.9 Å². The van der Waals surface area contributed by atoms with Crippen LogP contribution in [-0.4, -0.2) is 26.9 Å². The van der Waals surface area contributed by atoms with E-state index in [2.05, 4.69) is 5.32 Å². The van der Waals surface area contributed by atoms with E-state index in [0.29, 0.717) is 13.0 Å². The van der Waals surface area contributed by atoms with Crippen LogP contribution in [0.2, 0.25) is 0 Å². The van der Waals surface area contributed by atoms with E-state index < -0.39 is 12.0 Å². The van der Waals surface area contributed by atoms with Crippen LogP contribution in [0.5, 0.6) is 0 Å². The highest BCUT2D eigenvalue weighted by Crippen LogP contribution is 2.23. The first-order chi connectivity index (χ1) is 14.7. The number of aliphatic carboxylic acids is 1. The number of rotatable bonds is 8. The number of para-hydroxylation sites is 1. The van der Waals surface area contributed by atoms with Gasteiger partial charge in [0.1, 0.15) is 6.04 Å². The fourth-order valence-corrected chi connectivity index (χ4v) is 3.42. The zero-order valence-corrected chi connectivity index (χ0v) is 16.5. The Hall–Kier alpha value is -3.70. The standard InChI is InChI=1S/C25H23N3O2/c29-25(30)23(16-19-10-4-1-5-11-19)26-17-21-18-28(22-14-8-3-9-15-22)27-24(21)20-12-6-2-7-13-20/h1-15,18,23,26H,16-17H2,(H,29,30)/t23-/m0/s1. The van der Waals surface area contributed by atoms with Gasteiger partial charge in [0.25, 0.3) is 0 Å². The molecular weight excluding hydrogens is 374 g/mol. The van der Waals surface area contributed by atoms with Crippen LogP contribution in [-0.2, 0) is 17.8 Å². The Kier molecular flexibility index (Phi) is 6.01. The van der Waals surface area contributed by atoms with Gasteiger partial charge in [-0.15, -0.1) is 0 Å². The van der Waals surface area contributed by atoms with Crippen molar-refractivity contribution in [1.29, 1.82) is 0 Å². The highest BCUT2D eigenvalue weighted by atomic mass is 16.4. The van der Waals surface area contributed by atoms with Crippen LogP contribution < -0.4 is 5.32 Å². The zero-order chi connectivity index (χ0) is 20.8. The van der Waals surface area contributed by atoms with Crippen molar-refractivity contribution in [1.82, 2.24) is 15.1 Å². The number of hydrogen-bond acceptors (Lipinski definition) is 3. The van der Waals surface area contributed by atoms with Crippen molar-refractivity contribution in [2.75, 3.05) is 0 Å². The molecule has 0 radical (unpaired) electrons. The van der Waals surface area contributed by atoms with Gasteiger partial charge in [-0.3, -0.25) is 10.1 Å². The summed E-state index contributed by atoms with van der Waals surface area (Å²) in [5.74, 6) is -0.865. The summed E-state index contributed by atoms with van der Waals surface area (Å²) < 4.78 is 1.84. The molecule has 150 valence electrons. The van der Waals surface area contributed by atoms with Crippen LogP contribution in [0.3, 0.4) is 0 Å². The summed E-state index contributed by atoms with van der Waals surface area (Å²) in [5, 5.41) is 17.7. The van der Waals surface area contributed by atoms with E-state index in [4.69, 9.17) is 5.10 Å². The van der Waals surface area contributed by atoms with Gasteiger partial charge in [0.15, 0.2) is 0 Å². The van der Waals surface area contributed by atoms with Crippen molar-refractivity contribution in [3.63, 3.8) is 0 Å². The number of aromatic nitrogens is 2. The molecule has 0 fully saturated rings. The first-order valence-corrected chi connectivity index (χ1v) is 9.90. The predicted octanol–water partition coefficient (Wildman–Crippen LogP) is 4.32. The molecule has 0 aliphatic rings. The van der Waals surface area contributed by atoms with Crippen LogP contribution in [0, 0.1) is 0 Å². The van der Waals surface area contributed by atoms with Gasteiger partial charge in [-0.05, 0) is 24.1 Å². The Labute approximate surface area is 175 Å². The first-order valence-electron chi connectivity index (χ1n) is 9.90. The molecule has 2 N–H and O–H groups in total. The number of hydrogen-bond donors (Lipinski definition) is 2. The number of nitrogens with one attached hydrogen (secondary N) is 1. The van der Waals surface area contributed by atoms with E-state index in [1.165, 1.54) is 0 Å². The normalized spacial score (nSPS) is 11.9. The van der Waals surface area contributed by atoms with Gasteiger partial charge in [0.2, 0.25) is 0 Å². The topological polar surface area (TPSA) is 67.2 Å². The minimum absolute atomic E-state index is 0.404. The van der Waals surface area contributed by atoms with Gasteiger partial charge >= 0.3 is 5.97 Å². The molecule has 0 aliphatic heterocycles. The highest BCUT2D eigenvalue weighted by Gasteiger charge is 2.19. The molecule has 0 saturated carbocycles. The lowest BCUT2D eigenvalue weighted by Gasteiger charge is -2.14. The van der Waals surface area contributed by atoms with Crippen LogP contribution in [0.4, 0.5) is 0 Å². The van der Waals surface area contributed by atoms with E-state index in [9.17, 15) is 9.90 Å². The summed E-state index contributed by atoms with van der Waals surface area (Å²) in [4.78, 5) is 11.8. The Bertz CT molecular complexity index is 1090. The summed E-state index contributed by atoms with van der Waals surface area (Å²) in [6, 6.07) is 28.8. The summed E-state index contributed by atoms with van der Waals surface area (Å²) in [7, 11) is 0. The first kappa shape index (κ1) is 19.6. The molecule has 0 saturated heterocycles. The molecule has 4 aromatic rings. The molecule has 0 unspecified atom stereocenters. The molecule has 5 heteroatoms. The molecule has 0 spiro atoms. The Morgan fingerprint density at radius 3 is 2.13 bits per heavy atom.